The topological polar surface area (TPSA) is 58.6 Å². The van der Waals surface area contributed by atoms with Gasteiger partial charge in [-0.1, -0.05) is 49.6 Å². The number of carbonyl (C=O) groups excluding carboxylic acids is 2. The maximum absolute atomic E-state index is 12.6. The lowest BCUT2D eigenvalue weighted by atomic mass is 10.1. The summed E-state index contributed by atoms with van der Waals surface area (Å²) >= 11 is 7.87. The number of amides is 2. The normalized spacial score (nSPS) is 19.9. The molecule has 0 unspecified atom stereocenters. The third-order valence-corrected chi connectivity index (χ3v) is 5.76. The Morgan fingerprint density at radius 3 is 2.80 bits per heavy atom. The van der Waals surface area contributed by atoms with Crippen molar-refractivity contribution in [1.82, 2.24) is 10.2 Å². The van der Waals surface area contributed by atoms with Crippen LogP contribution in [-0.4, -0.2) is 48.8 Å². The number of halogens is 1. The zero-order valence-corrected chi connectivity index (χ0v) is 16.2. The third-order valence-electron chi connectivity index (χ3n) is 4.11. The molecular weight excluding hydrogens is 360 g/mol. The number of carbonyl (C=O) groups is 2. The Balaban J connectivity index is 2.15. The van der Waals surface area contributed by atoms with E-state index in [1.54, 1.807) is 22.7 Å². The molecule has 1 N–H and O–H groups in total. The monoisotopic (exact) mass is 384 g/mol. The average Bonchev–Trinajstić information content (AvgIpc) is 3.04. The SMILES string of the molecule is CCCCCNC(=O)[C@H]1CS[C@@H](c2ccccc2Cl)N1C(=O)COC. The Hall–Kier alpha value is -1.24. The molecular formula is C18H25ClN2O3S. The second-order valence-electron chi connectivity index (χ2n) is 5.96. The highest BCUT2D eigenvalue weighted by Gasteiger charge is 2.42. The number of hydrogen-bond donors (Lipinski definition) is 1. The van der Waals surface area contributed by atoms with E-state index in [1.807, 2.05) is 18.2 Å². The van der Waals surface area contributed by atoms with Crippen LogP contribution in [0.1, 0.15) is 37.1 Å². The summed E-state index contributed by atoms with van der Waals surface area (Å²) in [6, 6.07) is 6.93. The van der Waals surface area contributed by atoms with E-state index in [4.69, 9.17) is 16.3 Å². The van der Waals surface area contributed by atoms with Crippen molar-refractivity contribution < 1.29 is 14.3 Å². The Bertz CT molecular complexity index is 599. The van der Waals surface area contributed by atoms with Crippen molar-refractivity contribution in [2.75, 3.05) is 26.0 Å². The summed E-state index contributed by atoms with van der Waals surface area (Å²) in [7, 11) is 1.48. The lowest BCUT2D eigenvalue weighted by Gasteiger charge is -2.29. The Morgan fingerprint density at radius 2 is 2.12 bits per heavy atom. The van der Waals surface area contributed by atoms with Gasteiger partial charge in [0.05, 0.1) is 0 Å². The quantitative estimate of drug-likeness (QED) is 0.699. The number of thioether (sulfide) groups is 1. The second kappa shape index (κ2) is 10.0. The molecule has 0 spiro atoms. The average molecular weight is 385 g/mol. The number of benzene rings is 1. The number of ether oxygens (including phenoxy) is 1. The summed E-state index contributed by atoms with van der Waals surface area (Å²) in [4.78, 5) is 26.8. The van der Waals surface area contributed by atoms with Crippen LogP contribution in [0.4, 0.5) is 0 Å². The van der Waals surface area contributed by atoms with Gasteiger partial charge < -0.3 is 15.0 Å². The van der Waals surface area contributed by atoms with Gasteiger partial charge in [0.25, 0.3) is 0 Å². The van der Waals surface area contributed by atoms with Gasteiger partial charge in [0.1, 0.15) is 18.0 Å². The van der Waals surface area contributed by atoms with Gasteiger partial charge in [-0.2, -0.15) is 0 Å². The van der Waals surface area contributed by atoms with Gasteiger partial charge in [-0.15, -0.1) is 11.8 Å². The summed E-state index contributed by atoms with van der Waals surface area (Å²) < 4.78 is 5.01. The summed E-state index contributed by atoms with van der Waals surface area (Å²) in [6.07, 6.45) is 3.12. The molecule has 5 nitrogen and oxygen atoms in total. The molecule has 2 rings (SSSR count). The highest BCUT2D eigenvalue weighted by molar-refractivity contribution is 7.99. The van der Waals surface area contributed by atoms with Crippen molar-refractivity contribution in [2.45, 2.75) is 37.6 Å². The lowest BCUT2D eigenvalue weighted by Crippen LogP contribution is -2.49. The van der Waals surface area contributed by atoms with E-state index in [0.29, 0.717) is 17.3 Å². The lowest BCUT2D eigenvalue weighted by molar-refractivity contribution is -0.142. The largest absolute Gasteiger partial charge is 0.375 e. The molecule has 25 heavy (non-hydrogen) atoms. The van der Waals surface area contributed by atoms with Gasteiger partial charge in [-0.05, 0) is 12.5 Å². The van der Waals surface area contributed by atoms with Gasteiger partial charge in [0.2, 0.25) is 11.8 Å². The number of nitrogens with one attached hydrogen (secondary N) is 1. The standard InChI is InChI=1S/C18H25ClN2O3S/c1-3-4-7-10-20-17(23)15-12-25-18(21(15)16(22)11-24-2)13-8-5-6-9-14(13)19/h5-6,8-9,15,18H,3-4,7,10-12H2,1-2H3,(H,20,23)/t15-,18+/m1/s1. The predicted octanol–water partition coefficient (Wildman–Crippen LogP) is 3.24. The van der Waals surface area contributed by atoms with Crippen molar-refractivity contribution in [3.8, 4) is 0 Å². The van der Waals surface area contributed by atoms with Gasteiger partial charge in [0, 0.05) is 30.0 Å². The Morgan fingerprint density at radius 1 is 1.36 bits per heavy atom. The van der Waals surface area contributed by atoms with E-state index < -0.39 is 6.04 Å². The van der Waals surface area contributed by atoms with Gasteiger partial charge >= 0.3 is 0 Å². The minimum atomic E-state index is -0.504. The second-order valence-corrected chi connectivity index (χ2v) is 7.48. The predicted molar refractivity (Wildman–Crippen MR) is 102 cm³/mol. The molecule has 1 fully saturated rings. The van der Waals surface area contributed by atoms with Crippen LogP contribution in [-0.2, 0) is 14.3 Å². The highest BCUT2D eigenvalue weighted by atomic mass is 35.5. The number of nitrogens with zero attached hydrogens (tertiary/aromatic N) is 1. The van der Waals surface area contributed by atoms with Crippen LogP contribution in [0.2, 0.25) is 5.02 Å². The fraction of sp³-hybridized carbons (Fsp3) is 0.556. The van der Waals surface area contributed by atoms with Crippen molar-refractivity contribution >= 4 is 35.2 Å². The molecule has 1 aromatic rings. The van der Waals surface area contributed by atoms with Gasteiger partial charge in [0.15, 0.2) is 0 Å². The van der Waals surface area contributed by atoms with Crippen LogP contribution < -0.4 is 5.32 Å². The smallest absolute Gasteiger partial charge is 0.250 e. The highest BCUT2D eigenvalue weighted by Crippen LogP contribution is 2.43. The van der Waals surface area contributed by atoms with Crippen molar-refractivity contribution in [2.24, 2.45) is 0 Å². The van der Waals surface area contributed by atoms with Crippen molar-refractivity contribution in [3.05, 3.63) is 34.9 Å². The summed E-state index contributed by atoms with van der Waals surface area (Å²) in [6.45, 7) is 2.70. The van der Waals surface area contributed by atoms with Crippen LogP contribution in [0.25, 0.3) is 0 Å². The minimum absolute atomic E-state index is 0.0544. The molecule has 0 saturated carbocycles. The van der Waals surface area contributed by atoms with Crippen LogP contribution >= 0.6 is 23.4 Å². The fourth-order valence-electron chi connectivity index (χ4n) is 2.83. The maximum atomic E-state index is 12.6. The number of unbranched alkanes of at least 4 members (excludes halogenated alkanes) is 2. The van der Waals surface area contributed by atoms with Gasteiger partial charge in [-0.3, -0.25) is 9.59 Å². The molecule has 1 saturated heterocycles. The molecule has 1 heterocycles. The first-order valence-electron chi connectivity index (χ1n) is 8.54. The van der Waals surface area contributed by atoms with Crippen LogP contribution in [0.15, 0.2) is 24.3 Å². The first-order chi connectivity index (χ1) is 12.1. The van der Waals surface area contributed by atoms with Crippen LogP contribution in [0.3, 0.4) is 0 Å². The van der Waals surface area contributed by atoms with E-state index in [9.17, 15) is 9.59 Å². The van der Waals surface area contributed by atoms with Crippen molar-refractivity contribution in [1.29, 1.82) is 0 Å². The van der Waals surface area contributed by atoms with E-state index in [2.05, 4.69) is 12.2 Å². The van der Waals surface area contributed by atoms with E-state index in [-0.39, 0.29) is 23.8 Å². The van der Waals surface area contributed by atoms with Crippen molar-refractivity contribution in [3.63, 3.8) is 0 Å². The van der Waals surface area contributed by atoms with Gasteiger partial charge in [-0.25, -0.2) is 0 Å². The molecule has 1 aliphatic rings. The molecule has 2 atom stereocenters. The molecule has 2 amide bonds. The summed E-state index contributed by atoms with van der Waals surface area (Å²) in [5.74, 6) is 0.235. The molecule has 0 aliphatic carbocycles. The molecule has 0 radical (unpaired) electrons. The number of rotatable bonds is 8. The summed E-state index contributed by atoms with van der Waals surface area (Å²) in [5.41, 5.74) is 0.847. The zero-order chi connectivity index (χ0) is 18.2. The van der Waals surface area contributed by atoms with Crippen LogP contribution in [0.5, 0.6) is 0 Å². The first kappa shape index (κ1) is 20.1. The fourth-order valence-corrected chi connectivity index (χ4v) is 4.62. The Labute approximate surface area is 158 Å². The number of methoxy groups -OCH3 is 1. The van der Waals surface area contributed by atoms with E-state index >= 15 is 0 Å². The zero-order valence-electron chi connectivity index (χ0n) is 14.7. The first-order valence-corrected chi connectivity index (χ1v) is 9.96. The molecule has 0 bridgehead atoms. The minimum Gasteiger partial charge on any atom is -0.375 e. The molecule has 1 aliphatic heterocycles. The summed E-state index contributed by atoms with van der Waals surface area (Å²) in [5, 5.41) is 3.27. The third kappa shape index (κ3) is 5.12. The molecule has 0 aromatic heterocycles. The Kier molecular flexibility index (Phi) is 8.06. The van der Waals surface area contributed by atoms with E-state index in [1.165, 1.54) is 7.11 Å². The maximum Gasteiger partial charge on any atom is 0.250 e. The molecule has 7 heteroatoms. The van der Waals surface area contributed by atoms with E-state index in [0.717, 1.165) is 24.8 Å². The molecule has 1 aromatic carbocycles. The van der Waals surface area contributed by atoms with Crippen LogP contribution in [0, 0.1) is 0 Å². The molecule has 138 valence electrons. The number of hydrogen-bond acceptors (Lipinski definition) is 4.